The topological polar surface area (TPSA) is 97.4 Å². The Hall–Kier alpha value is -3.68. The van der Waals surface area contributed by atoms with Crippen molar-refractivity contribution in [1.29, 1.82) is 0 Å². The molecule has 3 heterocycles. The van der Waals surface area contributed by atoms with Gasteiger partial charge in [0.2, 0.25) is 0 Å². The molecule has 2 aromatic heterocycles. The number of fused-ring (bicyclic) bond motifs is 1. The smallest absolute Gasteiger partial charge is 0.260 e. The number of pyridine rings is 1. The minimum atomic E-state index is -0.165. The van der Waals surface area contributed by atoms with Crippen molar-refractivity contribution in [1.82, 2.24) is 19.9 Å². The summed E-state index contributed by atoms with van der Waals surface area (Å²) < 4.78 is 10.8. The first-order valence-electron chi connectivity index (χ1n) is 9.21. The Morgan fingerprint density at radius 1 is 1.21 bits per heavy atom. The van der Waals surface area contributed by atoms with Crippen molar-refractivity contribution < 1.29 is 14.3 Å². The number of rotatable bonds is 5. The van der Waals surface area contributed by atoms with Gasteiger partial charge in [-0.15, -0.1) is 0 Å². The maximum atomic E-state index is 12.6. The lowest BCUT2D eigenvalue weighted by atomic mass is 10.1. The lowest BCUT2D eigenvalue weighted by molar-refractivity contribution is -0.134. The first-order valence-corrected chi connectivity index (χ1v) is 9.21. The average molecular weight is 392 g/mol. The second kappa shape index (κ2) is 8.14. The Kier molecular flexibility index (Phi) is 5.24. The van der Waals surface area contributed by atoms with Crippen LogP contribution in [0.4, 0.5) is 0 Å². The van der Waals surface area contributed by atoms with Gasteiger partial charge in [-0.3, -0.25) is 14.6 Å². The van der Waals surface area contributed by atoms with Gasteiger partial charge in [0.05, 0.1) is 19.3 Å². The van der Waals surface area contributed by atoms with Crippen LogP contribution in [0.15, 0.2) is 53.6 Å². The highest BCUT2D eigenvalue weighted by Gasteiger charge is 2.25. The van der Waals surface area contributed by atoms with Crippen molar-refractivity contribution in [2.24, 2.45) is 0 Å². The van der Waals surface area contributed by atoms with E-state index in [2.05, 4.69) is 15.0 Å². The average Bonchev–Trinajstić information content (AvgIpc) is 2.77. The van der Waals surface area contributed by atoms with Crippen LogP contribution in [0.3, 0.4) is 0 Å². The van der Waals surface area contributed by atoms with Crippen LogP contribution < -0.4 is 15.0 Å². The summed E-state index contributed by atoms with van der Waals surface area (Å²) in [4.78, 5) is 38.1. The number of hydrogen-bond donors (Lipinski definition) is 1. The Morgan fingerprint density at radius 3 is 2.79 bits per heavy atom. The first kappa shape index (κ1) is 18.7. The molecule has 1 aromatic carbocycles. The van der Waals surface area contributed by atoms with Crippen LogP contribution in [0.25, 0.3) is 11.4 Å². The number of nitrogens with one attached hydrogen (secondary N) is 1. The quantitative estimate of drug-likeness (QED) is 0.711. The van der Waals surface area contributed by atoms with E-state index >= 15 is 0 Å². The monoisotopic (exact) mass is 392 g/mol. The van der Waals surface area contributed by atoms with Gasteiger partial charge in [0.15, 0.2) is 6.61 Å². The number of aromatic nitrogens is 3. The summed E-state index contributed by atoms with van der Waals surface area (Å²) >= 11 is 0. The van der Waals surface area contributed by atoms with Crippen molar-refractivity contribution in [2.45, 2.75) is 13.0 Å². The molecule has 0 saturated heterocycles. The van der Waals surface area contributed by atoms with Gasteiger partial charge in [-0.05, 0) is 30.7 Å². The summed E-state index contributed by atoms with van der Waals surface area (Å²) in [5, 5.41) is 0. The predicted molar refractivity (Wildman–Crippen MR) is 106 cm³/mol. The van der Waals surface area contributed by atoms with Gasteiger partial charge in [0.25, 0.3) is 11.5 Å². The van der Waals surface area contributed by atoms with Crippen LogP contribution in [0.2, 0.25) is 0 Å². The molecule has 1 N–H and O–H groups in total. The minimum Gasteiger partial charge on any atom is -0.497 e. The van der Waals surface area contributed by atoms with E-state index < -0.39 is 0 Å². The number of nitrogens with zero attached hydrogens (tertiary/aromatic N) is 3. The molecule has 3 aromatic rings. The molecular formula is C21H20N4O4. The fourth-order valence-corrected chi connectivity index (χ4v) is 3.23. The van der Waals surface area contributed by atoms with Gasteiger partial charge in [-0.25, -0.2) is 4.98 Å². The maximum absolute atomic E-state index is 12.6. The second-order valence-electron chi connectivity index (χ2n) is 6.61. The van der Waals surface area contributed by atoms with Crippen LogP contribution in [-0.4, -0.2) is 46.0 Å². The third-order valence-electron chi connectivity index (χ3n) is 4.78. The van der Waals surface area contributed by atoms with Gasteiger partial charge >= 0.3 is 0 Å². The molecule has 8 nitrogen and oxygen atoms in total. The number of ether oxygens (including phenoxy) is 2. The summed E-state index contributed by atoms with van der Waals surface area (Å²) in [6, 6.07) is 10.6. The molecule has 8 heteroatoms. The molecule has 0 saturated carbocycles. The number of benzene rings is 1. The molecule has 0 spiro atoms. The predicted octanol–water partition coefficient (Wildman–Crippen LogP) is 1.80. The number of hydrogen-bond acceptors (Lipinski definition) is 6. The van der Waals surface area contributed by atoms with E-state index in [0.717, 1.165) is 5.56 Å². The molecule has 0 atom stereocenters. The lowest BCUT2D eigenvalue weighted by Crippen LogP contribution is -2.41. The number of carbonyl (C=O) groups is 1. The van der Waals surface area contributed by atoms with E-state index in [1.807, 2.05) is 0 Å². The summed E-state index contributed by atoms with van der Waals surface area (Å²) in [5.74, 6) is 1.53. The fraction of sp³-hybridized carbons (Fsp3) is 0.238. The van der Waals surface area contributed by atoms with Gasteiger partial charge in [-0.2, -0.15) is 0 Å². The summed E-state index contributed by atoms with van der Waals surface area (Å²) in [5.41, 5.74) is 1.84. The molecule has 1 aliphatic rings. The van der Waals surface area contributed by atoms with Gasteiger partial charge in [0.1, 0.15) is 17.3 Å². The van der Waals surface area contributed by atoms with Crippen molar-refractivity contribution in [2.75, 3.05) is 20.3 Å². The van der Waals surface area contributed by atoms with Crippen LogP contribution in [-0.2, 0) is 17.8 Å². The number of amides is 1. The van der Waals surface area contributed by atoms with Crippen molar-refractivity contribution >= 4 is 5.91 Å². The van der Waals surface area contributed by atoms with E-state index in [1.165, 1.54) is 0 Å². The summed E-state index contributed by atoms with van der Waals surface area (Å²) in [6.07, 6.45) is 3.74. The molecule has 0 bridgehead atoms. The maximum Gasteiger partial charge on any atom is 0.260 e. The SMILES string of the molecule is COc1cccc(OCC(=O)N2CCc3c(nc(-c4ccncc4)[nH]c3=O)C2)c1. The Labute approximate surface area is 167 Å². The lowest BCUT2D eigenvalue weighted by Gasteiger charge is -2.27. The Bertz CT molecular complexity index is 1080. The van der Waals surface area contributed by atoms with Crippen molar-refractivity contribution in [3.63, 3.8) is 0 Å². The van der Waals surface area contributed by atoms with E-state index in [0.29, 0.717) is 41.5 Å². The fourth-order valence-electron chi connectivity index (χ4n) is 3.23. The molecule has 1 amide bonds. The molecule has 1 aliphatic heterocycles. The highest BCUT2D eigenvalue weighted by Crippen LogP contribution is 2.20. The highest BCUT2D eigenvalue weighted by atomic mass is 16.5. The van der Waals surface area contributed by atoms with Crippen molar-refractivity contribution in [3.8, 4) is 22.9 Å². The van der Waals surface area contributed by atoms with Gasteiger partial charge in [0, 0.05) is 36.1 Å². The van der Waals surface area contributed by atoms with Crippen LogP contribution in [0.1, 0.15) is 11.3 Å². The first-order chi connectivity index (χ1) is 14.1. The van der Waals surface area contributed by atoms with E-state index in [4.69, 9.17) is 9.47 Å². The highest BCUT2D eigenvalue weighted by molar-refractivity contribution is 5.78. The van der Waals surface area contributed by atoms with E-state index in [1.54, 1.807) is 60.8 Å². The Morgan fingerprint density at radius 2 is 2.00 bits per heavy atom. The number of methoxy groups -OCH3 is 1. The molecule has 0 unspecified atom stereocenters. The standard InChI is InChI=1S/C21H20N4O4/c1-28-15-3-2-4-16(11-15)29-13-19(26)25-10-7-17-18(12-25)23-20(24-21(17)27)14-5-8-22-9-6-14/h2-6,8-9,11H,7,10,12-13H2,1H3,(H,23,24,27). The van der Waals surface area contributed by atoms with E-state index in [9.17, 15) is 9.59 Å². The molecule has 4 rings (SSSR count). The zero-order chi connectivity index (χ0) is 20.2. The van der Waals surface area contributed by atoms with Crippen molar-refractivity contribution in [3.05, 3.63) is 70.4 Å². The Balaban J connectivity index is 1.48. The third-order valence-corrected chi connectivity index (χ3v) is 4.78. The molecule has 0 aliphatic carbocycles. The van der Waals surface area contributed by atoms with Crippen LogP contribution >= 0.6 is 0 Å². The summed E-state index contributed by atoms with van der Waals surface area (Å²) in [6.45, 7) is 0.632. The number of carbonyl (C=O) groups excluding carboxylic acids is 1. The molecular weight excluding hydrogens is 372 g/mol. The van der Waals surface area contributed by atoms with Crippen LogP contribution in [0, 0.1) is 0 Å². The largest absolute Gasteiger partial charge is 0.497 e. The normalized spacial score (nSPS) is 12.9. The minimum absolute atomic E-state index is 0.0943. The van der Waals surface area contributed by atoms with E-state index in [-0.39, 0.29) is 24.6 Å². The molecule has 0 fully saturated rings. The van der Waals surface area contributed by atoms with Gasteiger partial charge in [-0.1, -0.05) is 6.07 Å². The molecule has 29 heavy (non-hydrogen) atoms. The van der Waals surface area contributed by atoms with Gasteiger partial charge < -0.3 is 19.4 Å². The number of aromatic amines is 1. The molecule has 148 valence electrons. The summed E-state index contributed by atoms with van der Waals surface area (Å²) in [7, 11) is 1.57. The zero-order valence-corrected chi connectivity index (χ0v) is 15.9. The van der Waals surface area contributed by atoms with Crippen LogP contribution in [0.5, 0.6) is 11.5 Å². The molecule has 0 radical (unpaired) electrons. The second-order valence-corrected chi connectivity index (χ2v) is 6.61. The third kappa shape index (κ3) is 4.11. The zero-order valence-electron chi connectivity index (χ0n) is 15.9. The number of H-pyrrole nitrogens is 1.